The minimum atomic E-state index is 0.307. The number of nitrogens with zero attached hydrogens (tertiary/aromatic N) is 1. The van der Waals surface area contributed by atoms with Crippen molar-refractivity contribution < 1.29 is 0 Å². The van der Waals surface area contributed by atoms with Crippen LogP contribution < -0.4 is 4.90 Å². The lowest BCUT2D eigenvalue weighted by molar-refractivity contribution is 0.290. The van der Waals surface area contributed by atoms with Crippen LogP contribution in [0.3, 0.4) is 0 Å². The number of rotatable bonds is 0. The van der Waals surface area contributed by atoms with Gasteiger partial charge in [-0.3, -0.25) is 0 Å². The lowest BCUT2D eigenvalue weighted by Crippen LogP contribution is -2.44. The van der Waals surface area contributed by atoms with Gasteiger partial charge in [-0.15, -0.1) is 0 Å². The molecular formula is C20H29N. The minimum absolute atomic E-state index is 0.307. The van der Waals surface area contributed by atoms with Crippen molar-refractivity contribution in [3.63, 3.8) is 0 Å². The van der Waals surface area contributed by atoms with Crippen LogP contribution in [0.15, 0.2) is 6.07 Å². The van der Waals surface area contributed by atoms with Crippen LogP contribution in [-0.4, -0.2) is 13.1 Å². The van der Waals surface area contributed by atoms with E-state index in [0.29, 0.717) is 16.2 Å². The van der Waals surface area contributed by atoms with Gasteiger partial charge in [-0.05, 0) is 59.3 Å². The first-order chi connectivity index (χ1) is 9.66. The molecule has 1 atom stereocenters. The molecule has 0 saturated heterocycles. The molecule has 3 aliphatic rings. The number of aryl methyl sites for hydroxylation is 1. The molecule has 0 amide bonds. The summed E-state index contributed by atoms with van der Waals surface area (Å²) in [5, 5.41) is 0. The second-order valence-electron chi connectivity index (χ2n) is 9.34. The van der Waals surface area contributed by atoms with Crippen LogP contribution in [0.2, 0.25) is 0 Å². The number of hydrogen-bond acceptors (Lipinski definition) is 1. The number of hydrogen-bond donors (Lipinski definition) is 0. The Bertz CT molecular complexity index is 638. The van der Waals surface area contributed by atoms with E-state index >= 15 is 0 Å². The van der Waals surface area contributed by atoms with Gasteiger partial charge in [0, 0.05) is 24.2 Å². The standard InChI is InChI=1S/C20H29N/c1-13-11-14-16-17-15(13)19(4,5)12-21(17)10-9-20(16,6)8-7-18(14,2)3/h11H,7-10,12H2,1-6H3. The molecule has 0 N–H and O–H groups in total. The molecule has 1 unspecified atom stereocenters. The SMILES string of the molecule is Cc1cc2c3c4c1C(C)(C)CN4CCC3(C)CCC2(C)C. The summed E-state index contributed by atoms with van der Waals surface area (Å²) in [7, 11) is 0. The third kappa shape index (κ3) is 1.58. The lowest BCUT2D eigenvalue weighted by Gasteiger charge is -2.49. The Morgan fingerprint density at radius 1 is 0.905 bits per heavy atom. The van der Waals surface area contributed by atoms with Crippen molar-refractivity contribution >= 4 is 5.69 Å². The van der Waals surface area contributed by atoms with Crippen LogP contribution in [0.25, 0.3) is 0 Å². The van der Waals surface area contributed by atoms with Crippen molar-refractivity contribution in [3.05, 3.63) is 28.3 Å². The van der Waals surface area contributed by atoms with Gasteiger partial charge in [0.1, 0.15) is 0 Å². The van der Waals surface area contributed by atoms with Crippen molar-refractivity contribution in [2.45, 2.75) is 77.0 Å². The summed E-state index contributed by atoms with van der Waals surface area (Å²) in [6.07, 6.45) is 4.02. The highest BCUT2D eigenvalue weighted by atomic mass is 15.2. The van der Waals surface area contributed by atoms with E-state index < -0.39 is 0 Å². The van der Waals surface area contributed by atoms with E-state index in [1.165, 1.54) is 37.9 Å². The molecule has 1 nitrogen and oxygen atoms in total. The van der Waals surface area contributed by atoms with Gasteiger partial charge in [0.25, 0.3) is 0 Å². The van der Waals surface area contributed by atoms with Crippen molar-refractivity contribution in [2.24, 2.45) is 0 Å². The molecule has 0 radical (unpaired) electrons. The maximum atomic E-state index is 2.70. The summed E-state index contributed by atoms with van der Waals surface area (Å²) >= 11 is 0. The fourth-order valence-corrected chi connectivity index (χ4v) is 5.42. The predicted molar refractivity (Wildman–Crippen MR) is 90.6 cm³/mol. The quantitative estimate of drug-likeness (QED) is 0.659. The second-order valence-corrected chi connectivity index (χ2v) is 9.34. The molecule has 1 heteroatoms. The Kier molecular flexibility index (Phi) is 2.39. The highest BCUT2D eigenvalue weighted by molar-refractivity contribution is 5.75. The zero-order valence-corrected chi connectivity index (χ0v) is 14.6. The van der Waals surface area contributed by atoms with Crippen LogP contribution in [0.5, 0.6) is 0 Å². The third-order valence-corrected chi connectivity index (χ3v) is 6.65. The zero-order chi connectivity index (χ0) is 15.2. The van der Waals surface area contributed by atoms with Crippen molar-refractivity contribution in [2.75, 3.05) is 18.0 Å². The Labute approximate surface area is 129 Å². The smallest absolute Gasteiger partial charge is 0.0449 e. The Hall–Kier alpha value is -0.980. The van der Waals surface area contributed by atoms with Crippen LogP contribution >= 0.6 is 0 Å². The Balaban J connectivity index is 2.12. The van der Waals surface area contributed by atoms with E-state index in [1.54, 1.807) is 22.4 Å². The number of anilines is 1. The second kappa shape index (κ2) is 3.67. The van der Waals surface area contributed by atoms with E-state index in [1.807, 2.05) is 0 Å². The van der Waals surface area contributed by atoms with E-state index in [-0.39, 0.29) is 0 Å². The molecule has 2 aliphatic heterocycles. The normalized spacial score (nSPS) is 31.2. The van der Waals surface area contributed by atoms with Gasteiger partial charge in [-0.2, -0.15) is 0 Å². The van der Waals surface area contributed by atoms with Gasteiger partial charge in [-0.25, -0.2) is 0 Å². The van der Waals surface area contributed by atoms with Crippen molar-refractivity contribution in [3.8, 4) is 0 Å². The van der Waals surface area contributed by atoms with E-state index in [9.17, 15) is 0 Å². The predicted octanol–water partition coefficient (Wildman–Crippen LogP) is 4.83. The van der Waals surface area contributed by atoms with Crippen molar-refractivity contribution in [1.29, 1.82) is 0 Å². The molecule has 1 aromatic carbocycles. The van der Waals surface area contributed by atoms with Crippen LogP contribution in [0.1, 0.15) is 76.1 Å². The van der Waals surface area contributed by atoms with Gasteiger partial charge >= 0.3 is 0 Å². The monoisotopic (exact) mass is 283 g/mol. The Morgan fingerprint density at radius 3 is 2.33 bits per heavy atom. The van der Waals surface area contributed by atoms with Crippen LogP contribution in [0, 0.1) is 6.92 Å². The zero-order valence-electron chi connectivity index (χ0n) is 14.6. The van der Waals surface area contributed by atoms with E-state index in [0.717, 1.165) is 0 Å². The third-order valence-electron chi connectivity index (χ3n) is 6.65. The average Bonchev–Trinajstić information content (AvgIpc) is 2.65. The molecule has 0 aromatic heterocycles. The van der Waals surface area contributed by atoms with Gasteiger partial charge < -0.3 is 4.90 Å². The van der Waals surface area contributed by atoms with E-state index in [4.69, 9.17) is 0 Å². The summed E-state index contributed by atoms with van der Waals surface area (Å²) in [6, 6.07) is 2.54. The summed E-state index contributed by atoms with van der Waals surface area (Å²) in [5.74, 6) is 0. The number of benzene rings is 1. The highest BCUT2D eigenvalue weighted by Gasteiger charge is 2.50. The van der Waals surface area contributed by atoms with Crippen LogP contribution in [-0.2, 0) is 16.2 Å². The molecule has 2 heterocycles. The molecule has 1 aliphatic carbocycles. The fourth-order valence-electron chi connectivity index (χ4n) is 5.42. The van der Waals surface area contributed by atoms with E-state index in [2.05, 4.69) is 52.5 Å². The molecule has 0 fully saturated rings. The van der Waals surface area contributed by atoms with Crippen LogP contribution in [0.4, 0.5) is 5.69 Å². The van der Waals surface area contributed by atoms with Gasteiger partial charge in [0.05, 0.1) is 0 Å². The molecule has 0 bridgehead atoms. The van der Waals surface area contributed by atoms with Gasteiger partial charge in [0.15, 0.2) is 0 Å². The molecule has 1 aromatic rings. The van der Waals surface area contributed by atoms with Gasteiger partial charge in [0.2, 0.25) is 0 Å². The van der Waals surface area contributed by atoms with Crippen molar-refractivity contribution in [1.82, 2.24) is 0 Å². The first-order valence-corrected chi connectivity index (χ1v) is 8.60. The Morgan fingerprint density at radius 2 is 1.62 bits per heavy atom. The maximum Gasteiger partial charge on any atom is 0.0449 e. The molecular weight excluding hydrogens is 254 g/mol. The molecule has 114 valence electrons. The summed E-state index contributed by atoms with van der Waals surface area (Å²) < 4.78 is 0. The fraction of sp³-hybridized carbons (Fsp3) is 0.700. The first-order valence-electron chi connectivity index (χ1n) is 8.60. The molecule has 21 heavy (non-hydrogen) atoms. The highest BCUT2D eigenvalue weighted by Crippen LogP contribution is 2.58. The topological polar surface area (TPSA) is 3.24 Å². The largest absolute Gasteiger partial charge is 0.370 e. The summed E-state index contributed by atoms with van der Waals surface area (Å²) in [6.45, 7) is 17.1. The average molecular weight is 283 g/mol. The summed E-state index contributed by atoms with van der Waals surface area (Å²) in [5.41, 5.74) is 9.23. The molecule has 0 saturated carbocycles. The molecule has 4 rings (SSSR count). The van der Waals surface area contributed by atoms with Gasteiger partial charge in [-0.1, -0.05) is 40.7 Å². The first kappa shape index (κ1) is 13.7. The molecule has 0 spiro atoms. The lowest BCUT2D eigenvalue weighted by atomic mass is 9.59. The maximum absolute atomic E-state index is 2.70. The summed E-state index contributed by atoms with van der Waals surface area (Å²) in [4.78, 5) is 2.70. The minimum Gasteiger partial charge on any atom is -0.370 e.